The summed E-state index contributed by atoms with van der Waals surface area (Å²) < 4.78 is 40.5. The third kappa shape index (κ3) is 6.72. The van der Waals surface area contributed by atoms with Crippen molar-refractivity contribution in [1.29, 1.82) is 0 Å². The second kappa shape index (κ2) is 12.2. The highest BCUT2D eigenvalue weighted by Crippen LogP contribution is 2.29. The number of ether oxygens (including phenoxy) is 2. The van der Waals surface area contributed by atoms with E-state index in [0.717, 1.165) is 27.5 Å². The van der Waals surface area contributed by atoms with E-state index in [1.165, 1.54) is 0 Å². The van der Waals surface area contributed by atoms with Gasteiger partial charge in [-0.05, 0) is 59.2 Å². The van der Waals surface area contributed by atoms with Gasteiger partial charge in [-0.15, -0.1) is 17.9 Å². The summed E-state index contributed by atoms with van der Waals surface area (Å²) in [7, 11) is -0.425. The SMILES string of the molecule is C=CCC(C)C(Cc1cccs1)S(=O)(=O)N(Cc1ccc(OC)cc1)Cc1ccc(OC)cc1. The minimum Gasteiger partial charge on any atom is -0.497 e. The van der Waals surface area contributed by atoms with Crippen molar-refractivity contribution in [2.45, 2.75) is 38.1 Å². The van der Waals surface area contributed by atoms with Crippen LogP contribution in [-0.2, 0) is 29.5 Å². The van der Waals surface area contributed by atoms with Crippen LogP contribution in [-0.4, -0.2) is 32.2 Å². The van der Waals surface area contributed by atoms with Crippen LogP contribution in [0.5, 0.6) is 11.5 Å². The Bertz CT molecular complexity index is 1070. The predicted molar refractivity (Wildman–Crippen MR) is 140 cm³/mol. The molecule has 0 radical (unpaired) electrons. The van der Waals surface area contributed by atoms with Crippen LogP contribution >= 0.6 is 11.3 Å². The molecule has 182 valence electrons. The van der Waals surface area contributed by atoms with E-state index in [2.05, 4.69) is 6.58 Å². The maximum absolute atomic E-state index is 14.2. The Kier molecular flexibility index (Phi) is 9.33. The fraction of sp³-hybridized carbons (Fsp3) is 0.333. The second-order valence-corrected chi connectivity index (χ2v) is 11.5. The van der Waals surface area contributed by atoms with Gasteiger partial charge in [-0.2, -0.15) is 4.31 Å². The smallest absolute Gasteiger partial charge is 0.218 e. The van der Waals surface area contributed by atoms with Crippen LogP contribution in [0.15, 0.2) is 78.7 Å². The van der Waals surface area contributed by atoms with Crippen molar-refractivity contribution in [3.8, 4) is 11.5 Å². The van der Waals surface area contributed by atoms with E-state index in [0.29, 0.717) is 12.8 Å². The van der Waals surface area contributed by atoms with E-state index in [1.807, 2.05) is 73.0 Å². The molecule has 0 saturated carbocycles. The van der Waals surface area contributed by atoms with Crippen LogP contribution in [0.4, 0.5) is 0 Å². The minimum absolute atomic E-state index is 0.0705. The topological polar surface area (TPSA) is 55.8 Å². The molecule has 0 aliphatic carbocycles. The molecular weight excluding hydrogens is 466 g/mol. The molecular formula is C27H33NO4S2. The molecule has 5 nitrogen and oxygen atoms in total. The van der Waals surface area contributed by atoms with Crippen molar-refractivity contribution in [3.63, 3.8) is 0 Å². The van der Waals surface area contributed by atoms with Crippen molar-refractivity contribution in [3.05, 3.63) is 94.7 Å². The van der Waals surface area contributed by atoms with Crippen molar-refractivity contribution < 1.29 is 17.9 Å². The maximum atomic E-state index is 14.2. The van der Waals surface area contributed by atoms with E-state index in [-0.39, 0.29) is 19.0 Å². The number of hydrogen-bond acceptors (Lipinski definition) is 5. The minimum atomic E-state index is -3.66. The Morgan fingerprint density at radius 1 is 0.941 bits per heavy atom. The number of allylic oxidation sites excluding steroid dienone is 1. The molecule has 7 heteroatoms. The number of nitrogens with zero attached hydrogens (tertiary/aromatic N) is 1. The zero-order valence-electron chi connectivity index (χ0n) is 20.0. The van der Waals surface area contributed by atoms with E-state index in [1.54, 1.807) is 35.9 Å². The Morgan fingerprint density at radius 3 is 1.88 bits per heavy atom. The lowest BCUT2D eigenvalue weighted by molar-refractivity contribution is 0.377. The van der Waals surface area contributed by atoms with Crippen LogP contribution < -0.4 is 9.47 Å². The van der Waals surface area contributed by atoms with Gasteiger partial charge in [0.1, 0.15) is 11.5 Å². The first-order valence-corrected chi connectivity index (χ1v) is 13.6. The third-order valence-corrected chi connectivity index (χ3v) is 9.21. The lowest BCUT2D eigenvalue weighted by Gasteiger charge is -2.31. The summed E-state index contributed by atoms with van der Waals surface area (Å²) in [5, 5.41) is 1.43. The van der Waals surface area contributed by atoms with Crippen LogP contribution in [0.2, 0.25) is 0 Å². The lowest BCUT2D eigenvalue weighted by Crippen LogP contribution is -2.42. The number of hydrogen-bond donors (Lipinski definition) is 0. The molecule has 0 aliphatic rings. The van der Waals surface area contributed by atoms with Crippen LogP contribution in [0.3, 0.4) is 0 Å². The Balaban J connectivity index is 1.97. The molecule has 2 unspecified atom stereocenters. The molecule has 0 fully saturated rings. The standard InChI is InChI=1S/C27H33NO4S2/c1-5-7-21(2)27(18-26-8-6-17-33-26)34(29,30)28(19-22-9-13-24(31-3)14-10-22)20-23-11-15-25(32-4)16-12-23/h5-6,8-17,21,27H,1,7,18-20H2,2-4H3. The highest BCUT2D eigenvalue weighted by Gasteiger charge is 2.36. The molecule has 2 aromatic carbocycles. The summed E-state index contributed by atoms with van der Waals surface area (Å²) in [5.41, 5.74) is 1.81. The van der Waals surface area contributed by atoms with Gasteiger partial charge in [0.15, 0.2) is 0 Å². The fourth-order valence-electron chi connectivity index (χ4n) is 3.94. The number of sulfonamides is 1. The zero-order chi connectivity index (χ0) is 24.6. The highest BCUT2D eigenvalue weighted by molar-refractivity contribution is 7.89. The summed E-state index contributed by atoms with van der Waals surface area (Å²) in [4.78, 5) is 1.07. The molecule has 2 atom stereocenters. The normalized spacial score (nSPS) is 13.4. The average Bonchev–Trinajstić information content (AvgIpc) is 3.36. The van der Waals surface area contributed by atoms with Crippen molar-refractivity contribution in [2.75, 3.05) is 14.2 Å². The third-order valence-electron chi connectivity index (χ3n) is 5.93. The molecule has 0 bridgehead atoms. The molecule has 0 aliphatic heterocycles. The molecule has 0 saturated heterocycles. The van der Waals surface area contributed by atoms with Crippen LogP contribution in [0, 0.1) is 5.92 Å². The van der Waals surface area contributed by atoms with E-state index < -0.39 is 15.3 Å². The summed E-state index contributed by atoms with van der Waals surface area (Å²) in [6, 6.07) is 19.1. The van der Waals surface area contributed by atoms with Crippen molar-refractivity contribution in [2.24, 2.45) is 5.92 Å². The van der Waals surface area contributed by atoms with Gasteiger partial charge >= 0.3 is 0 Å². The summed E-state index contributed by atoms with van der Waals surface area (Å²) in [6.07, 6.45) is 2.92. The lowest BCUT2D eigenvalue weighted by atomic mass is 10.0. The molecule has 0 amide bonds. The van der Waals surface area contributed by atoms with Crippen molar-refractivity contribution in [1.82, 2.24) is 4.31 Å². The van der Waals surface area contributed by atoms with Gasteiger partial charge in [0.05, 0.1) is 19.5 Å². The first-order chi connectivity index (χ1) is 16.4. The molecule has 34 heavy (non-hydrogen) atoms. The summed E-state index contributed by atoms with van der Waals surface area (Å²) in [5.74, 6) is 1.41. The molecule has 3 aromatic rings. The quantitative estimate of drug-likeness (QED) is 0.274. The van der Waals surface area contributed by atoms with E-state index in [9.17, 15) is 8.42 Å². The number of benzene rings is 2. The van der Waals surface area contributed by atoms with E-state index >= 15 is 0 Å². The van der Waals surface area contributed by atoms with E-state index in [4.69, 9.17) is 9.47 Å². The van der Waals surface area contributed by atoms with Gasteiger partial charge in [0.2, 0.25) is 10.0 Å². The number of methoxy groups -OCH3 is 2. The second-order valence-electron chi connectivity index (χ2n) is 8.33. The van der Waals surface area contributed by atoms with Crippen LogP contribution in [0.25, 0.3) is 0 Å². The monoisotopic (exact) mass is 499 g/mol. The Hall–Kier alpha value is -2.61. The summed E-state index contributed by atoms with van der Waals surface area (Å²) >= 11 is 1.59. The summed E-state index contributed by atoms with van der Waals surface area (Å²) in [6.45, 7) is 6.40. The molecule has 0 spiro atoms. The molecule has 3 rings (SSSR count). The molecule has 0 N–H and O–H groups in total. The Morgan fingerprint density at radius 2 is 1.47 bits per heavy atom. The van der Waals surface area contributed by atoms with Gasteiger partial charge in [0.25, 0.3) is 0 Å². The molecule has 1 aromatic heterocycles. The van der Waals surface area contributed by atoms with Gasteiger partial charge in [-0.25, -0.2) is 8.42 Å². The Labute approximate surface area is 207 Å². The van der Waals surface area contributed by atoms with Crippen LogP contribution in [0.1, 0.15) is 29.3 Å². The fourth-order valence-corrected chi connectivity index (χ4v) is 6.94. The van der Waals surface area contributed by atoms with Gasteiger partial charge < -0.3 is 9.47 Å². The van der Waals surface area contributed by atoms with Gasteiger partial charge in [0, 0.05) is 24.4 Å². The number of rotatable bonds is 13. The number of thiophene rings is 1. The maximum Gasteiger partial charge on any atom is 0.218 e. The van der Waals surface area contributed by atoms with Gasteiger partial charge in [-0.1, -0.05) is 43.3 Å². The first kappa shape index (κ1) is 26.0. The first-order valence-electron chi connectivity index (χ1n) is 11.3. The zero-order valence-corrected chi connectivity index (χ0v) is 21.6. The highest BCUT2D eigenvalue weighted by atomic mass is 32.2. The predicted octanol–water partition coefficient (Wildman–Crippen LogP) is 5.92. The molecule has 1 heterocycles. The van der Waals surface area contributed by atoms with Crippen molar-refractivity contribution >= 4 is 21.4 Å². The largest absolute Gasteiger partial charge is 0.497 e. The average molecular weight is 500 g/mol. The van der Waals surface area contributed by atoms with Gasteiger partial charge in [-0.3, -0.25) is 0 Å².